The zero-order valence-corrected chi connectivity index (χ0v) is 15.9. The van der Waals surface area contributed by atoms with Crippen LogP contribution in [0.4, 0.5) is 5.69 Å². The molecule has 27 heavy (non-hydrogen) atoms. The van der Waals surface area contributed by atoms with Crippen molar-refractivity contribution in [3.8, 4) is 0 Å². The number of piperidine rings is 1. The van der Waals surface area contributed by atoms with Crippen LogP contribution in [0, 0.1) is 5.41 Å². The summed E-state index contributed by atoms with van der Waals surface area (Å²) in [5.74, 6) is -0.369. The second-order valence-electron chi connectivity index (χ2n) is 8.01. The summed E-state index contributed by atoms with van der Waals surface area (Å²) in [6, 6.07) is 8.12. The Bertz CT molecular complexity index is 704. The Hall–Kier alpha value is -2.34. The molecule has 1 aromatic rings. The van der Waals surface area contributed by atoms with Crippen LogP contribution in [-0.4, -0.2) is 36.2 Å². The van der Waals surface area contributed by atoms with Gasteiger partial charge in [-0.3, -0.25) is 14.8 Å². The highest BCUT2D eigenvalue weighted by Gasteiger charge is 2.37. The third-order valence-electron chi connectivity index (χ3n) is 5.72. The lowest BCUT2D eigenvalue weighted by Crippen LogP contribution is -2.44. The van der Waals surface area contributed by atoms with Gasteiger partial charge in [0.25, 0.3) is 5.91 Å². The number of para-hydroxylation sites is 1. The van der Waals surface area contributed by atoms with Gasteiger partial charge in [-0.2, -0.15) is 0 Å². The summed E-state index contributed by atoms with van der Waals surface area (Å²) in [7, 11) is 0. The molecular formula is C21H29N3O3. The number of rotatable bonds is 7. The number of hydroxylamine groups is 1. The van der Waals surface area contributed by atoms with Gasteiger partial charge in [0, 0.05) is 37.3 Å². The van der Waals surface area contributed by atoms with Crippen LogP contribution in [0.15, 0.2) is 30.3 Å². The first kappa shape index (κ1) is 19.4. The molecule has 0 unspecified atom stereocenters. The van der Waals surface area contributed by atoms with E-state index in [4.69, 9.17) is 5.21 Å². The molecule has 0 aromatic heterocycles. The Morgan fingerprint density at radius 1 is 1.26 bits per heavy atom. The molecule has 1 aromatic carbocycles. The van der Waals surface area contributed by atoms with Crippen LogP contribution in [0.1, 0.15) is 51.0 Å². The first-order chi connectivity index (χ1) is 13.0. The van der Waals surface area contributed by atoms with Crippen LogP contribution in [0.2, 0.25) is 0 Å². The smallest absolute Gasteiger partial charge is 0.267 e. The van der Waals surface area contributed by atoms with E-state index >= 15 is 0 Å². The van der Waals surface area contributed by atoms with Gasteiger partial charge in [-0.1, -0.05) is 25.1 Å². The number of carbonyl (C=O) groups excluding carboxylic acids is 2. The van der Waals surface area contributed by atoms with E-state index in [-0.39, 0.29) is 11.9 Å². The number of hydrogen-bond acceptors (Lipinski definition) is 4. The highest BCUT2D eigenvalue weighted by atomic mass is 16.5. The molecule has 0 bridgehead atoms. The highest BCUT2D eigenvalue weighted by Crippen LogP contribution is 2.48. The number of hydrogen-bond donors (Lipinski definition) is 3. The molecule has 0 atom stereocenters. The zero-order valence-electron chi connectivity index (χ0n) is 15.9. The number of amides is 2. The SMILES string of the molecule is CC1(CCC(=O)NC2CCN(c3ccccc3/C=C/C(=O)NO)CC2)CC1. The van der Waals surface area contributed by atoms with Crippen LogP contribution >= 0.6 is 0 Å². The highest BCUT2D eigenvalue weighted by molar-refractivity contribution is 5.91. The lowest BCUT2D eigenvalue weighted by Gasteiger charge is -2.35. The molecule has 0 radical (unpaired) electrons. The lowest BCUT2D eigenvalue weighted by molar-refractivity contribution is -0.124. The first-order valence-corrected chi connectivity index (χ1v) is 9.75. The summed E-state index contributed by atoms with van der Waals surface area (Å²) in [4.78, 5) is 25.7. The van der Waals surface area contributed by atoms with E-state index < -0.39 is 5.91 Å². The van der Waals surface area contributed by atoms with Gasteiger partial charge in [-0.05, 0) is 55.2 Å². The summed E-state index contributed by atoms with van der Waals surface area (Å²) in [5, 5.41) is 11.8. The van der Waals surface area contributed by atoms with E-state index in [2.05, 4.69) is 17.1 Å². The Labute approximate surface area is 160 Å². The molecule has 1 saturated carbocycles. The molecule has 6 heteroatoms. The molecule has 2 aliphatic rings. The fourth-order valence-corrected chi connectivity index (χ4v) is 3.56. The first-order valence-electron chi connectivity index (χ1n) is 9.75. The molecule has 0 spiro atoms. The van der Waals surface area contributed by atoms with Crippen molar-refractivity contribution in [2.24, 2.45) is 5.41 Å². The summed E-state index contributed by atoms with van der Waals surface area (Å²) in [5.41, 5.74) is 4.02. The number of nitrogens with one attached hydrogen (secondary N) is 2. The number of anilines is 1. The number of benzene rings is 1. The monoisotopic (exact) mass is 371 g/mol. The Morgan fingerprint density at radius 3 is 2.63 bits per heavy atom. The maximum atomic E-state index is 12.2. The molecule has 2 amide bonds. The van der Waals surface area contributed by atoms with Gasteiger partial charge in [0.1, 0.15) is 0 Å². The van der Waals surface area contributed by atoms with Gasteiger partial charge in [0.2, 0.25) is 5.91 Å². The molecule has 3 N–H and O–H groups in total. The molecular weight excluding hydrogens is 342 g/mol. The van der Waals surface area contributed by atoms with Crippen molar-refractivity contribution in [3.63, 3.8) is 0 Å². The molecule has 3 rings (SSSR count). The average molecular weight is 371 g/mol. The maximum absolute atomic E-state index is 12.2. The van der Waals surface area contributed by atoms with Crippen molar-refractivity contribution in [1.29, 1.82) is 0 Å². The van der Waals surface area contributed by atoms with E-state index in [1.54, 1.807) is 11.6 Å². The summed E-state index contributed by atoms with van der Waals surface area (Å²) in [6.07, 6.45) is 8.99. The van der Waals surface area contributed by atoms with Crippen LogP contribution in [0.25, 0.3) is 6.08 Å². The summed E-state index contributed by atoms with van der Waals surface area (Å²) >= 11 is 0. The number of nitrogens with zero attached hydrogens (tertiary/aromatic N) is 1. The summed E-state index contributed by atoms with van der Waals surface area (Å²) in [6.45, 7) is 3.98. The van der Waals surface area contributed by atoms with E-state index in [9.17, 15) is 9.59 Å². The molecule has 6 nitrogen and oxygen atoms in total. The molecule has 2 fully saturated rings. The topological polar surface area (TPSA) is 81.7 Å². The molecule has 1 saturated heterocycles. The number of carbonyl (C=O) groups is 2. The van der Waals surface area contributed by atoms with E-state index in [0.29, 0.717) is 11.8 Å². The zero-order chi connectivity index (χ0) is 19.3. The van der Waals surface area contributed by atoms with Crippen molar-refractivity contribution in [2.75, 3.05) is 18.0 Å². The minimum Gasteiger partial charge on any atom is -0.371 e. The van der Waals surface area contributed by atoms with Gasteiger partial charge in [-0.25, -0.2) is 5.48 Å². The molecule has 1 aliphatic heterocycles. The molecule has 146 valence electrons. The van der Waals surface area contributed by atoms with Crippen LogP contribution < -0.4 is 15.7 Å². The van der Waals surface area contributed by atoms with Gasteiger partial charge in [0.05, 0.1) is 0 Å². The fraction of sp³-hybridized carbons (Fsp3) is 0.524. The Morgan fingerprint density at radius 2 is 1.96 bits per heavy atom. The van der Waals surface area contributed by atoms with Gasteiger partial charge in [0.15, 0.2) is 0 Å². The Kier molecular flexibility index (Phi) is 6.16. The molecule has 1 heterocycles. The van der Waals surface area contributed by atoms with E-state index in [1.165, 1.54) is 18.9 Å². The van der Waals surface area contributed by atoms with Gasteiger partial charge >= 0.3 is 0 Å². The largest absolute Gasteiger partial charge is 0.371 e. The lowest BCUT2D eigenvalue weighted by atomic mass is 10.0. The van der Waals surface area contributed by atoms with Crippen molar-refractivity contribution in [1.82, 2.24) is 10.8 Å². The van der Waals surface area contributed by atoms with Crippen LogP contribution in [0.5, 0.6) is 0 Å². The predicted octanol–water partition coefficient (Wildman–Crippen LogP) is 2.87. The summed E-state index contributed by atoms with van der Waals surface area (Å²) < 4.78 is 0. The van der Waals surface area contributed by atoms with Gasteiger partial charge < -0.3 is 10.2 Å². The molecule has 1 aliphatic carbocycles. The standard InChI is InChI=1S/C21H29N3O3/c1-21(12-13-21)11-8-19(25)22-17-9-14-24(15-10-17)18-5-3-2-4-16(18)6-7-20(26)23-27/h2-7,17,27H,8-15H2,1H3,(H,22,25)(H,23,26)/b7-6+. The Balaban J connectivity index is 1.51. The predicted molar refractivity (Wildman–Crippen MR) is 105 cm³/mol. The third kappa shape index (κ3) is 5.57. The third-order valence-corrected chi connectivity index (χ3v) is 5.72. The van der Waals surface area contributed by atoms with Crippen LogP contribution in [0.3, 0.4) is 0 Å². The van der Waals surface area contributed by atoms with Crippen LogP contribution in [-0.2, 0) is 9.59 Å². The van der Waals surface area contributed by atoms with Crippen molar-refractivity contribution >= 4 is 23.6 Å². The fourth-order valence-electron chi connectivity index (χ4n) is 3.56. The van der Waals surface area contributed by atoms with Crippen molar-refractivity contribution < 1.29 is 14.8 Å². The second-order valence-corrected chi connectivity index (χ2v) is 8.01. The minimum atomic E-state index is -0.550. The van der Waals surface area contributed by atoms with Gasteiger partial charge in [-0.15, -0.1) is 0 Å². The quantitative estimate of drug-likeness (QED) is 0.391. The normalized spacial score (nSPS) is 19.1. The van der Waals surface area contributed by atoms with E-state index in [0.717, 1.165) is 43.6 Å². The maximum Gasteiger partial charge on any atom is 0.267 e. The minimum absolute atomic E-state index is 0.180. The average Bonchev–Trinajstić information content (AvgIpc) is 3.43. The second kappa shape index (κ2) is 8.57. The van der Waals surface area contributed by atoms with Crippen molar-refractivity contribution in [2.45, 2.75) is 51.5 Å². The van der Waals surface area contributed by atoms with Crippen molar-refractivity contribution in [3.05, 3.63) is 35.9 Å². The van der Waals surface area contributed by atoms with E-state index in [1.807, 2.05) is 24.3 Å².